The maximum Gasteiger partial charge on any atom is 0.326 e. The first-order chi connectivity index (χ1) is 22.1. The number of allylic oxidation sites excluding steroid dienone is 1. The lowest BCUT2D eigenvalue weighted by molar-refractivity contribution is -0.152. The van der Waals surface area contributed by atoms with Gasteiger partial charge in [0, 0.05) is 37.2 Å². The highest BCUT2D eigenvalue weighted by Gasteiger charge is 2.35. The number of nitrogens with one attached hydrogen (secondary N) is 1. The zero-order valence-electron chi connectivity index (χ0n) is 26.6. The van der Waals surface area contributed by atoms with Crippen molar-refractivity contribution in [3.05, 3.63) is 60.7 Å². The first-order valence-electron chi connectivity index (χ1n) is 16.1. The van der Waals surface area contributed by atoms with Crippen molar-refractivity contribution in [2.24, 2.45) is 11.8 Å². The van der Waals surface area contributed by atoms with Crippen LogP contribution in [-0.2, 0) is 30.4 Å². The van der Waals surface area contributed by atoms with E-state index in [1.54, 1.807) is 42.7 Å². The number of rotatable bonds is 24. The van der Waals surface area contributed by atoms with Crippen LogP contribution in [-0.4, -0.2) is 60.9 Å². The third-order valence-electron chi connectivity index (χ3n) is 7.83. The Morgan fingerprint density at radius 3 is 1.96 bits per heavy atom. The minimum Gasteiger partial charge on any atom is -0.481 e. The number of nitrogens with zero attached hydrogens (tertiary/aromatic N) is 2. The Kier molecular flexibility index (Phi) is 17.5. The fourth-order valence-electron chi connectivity index (χ4n) is 5.18. The summed E-state index contributed by atoms with van der Waals surface area (Å²) in [6, 6.07) is 5.63. The Morgan fingerprint density at radius 1 is 0.783 bits per heavy atom. The molecule has 4 N–H and O–H groups in total. The number of carboxylic acid groups (broad SMARTS) is 3. The number of carboxylic acids is 3. The third kappa shape index (κ3) is 14.6. The maximum absolute atomic E-state index is 13.3. The lowest BCUT2D eigenvalue weighted by atomic mass is 9.87. The van der Waals surface area contributed by atoms with E-state index < -0.39 is 48.1 Å². The summed E-state index contributed by atoms with van der Waals surface area (Å²) in [7, 11) is 0. The van der Waals surface area contributed by atoms with Crippen LogP contribution in [0.2, 0.25) is 0 Å². The predicted molar refractivity (Wildman–Crippen MR) is 173 cm³/mol. The Labute approximate surface area is 270 Å². The third-order valence-corrected chi connectivity index (χ3v) is 7.83. The van der Waals surface area contributed by atoms with Crippen molar-refractivity contribution in [3.8, 4) is 11.1 Å². The molecule has 0 saturated carbocycles. The van der Waals surface area contributed by atoms with Crippen molar-refractivity contribution in [2.75, 3.05) is 0 Å². The van der Waals surface area contributed by atoms with Crippen LogP contribution >= 0.6 is 0 Å². The van der Waals surface area contributed by atoms with Crippen LogP contribution in [0.15, 0.2) is 55.1 Å². The maximum atomic E-state index is 13.3. The molecule has 46 heavy (non-hydrogen) atoms. The van der Waals surface area contributed by atoms with Crippen LogP contribution in [0.3, 0.4) is 0 Å². The molecule has 1 aromatic carbocycles. The zero-order valence-corrected chi connectivity index (χ0v) is 26.6. The molecule has 0 spiro atoms. The molecule has 0 aliphatic heterocycles. The molecular weight excluding hydrogens is 590 g/mol. The second-order valence-electron chi connectivity index (χ2n) is 11.6. The lowest BCUT2D eigenvalue weighted by Gasteiger charge is -2.22. The van der Waals surface area contributed by atoms with Gasteiger partial charge >= 0.3 is 17.9 Å². The Balaban J connectivity index is 1.95. The van der Waals surface area contributed by atoms with E-state index in [1.807, 2.05) is 0 Å². The van der Waals surface area contributed by atoms with Crippen molar-refractivity contribution in [1.82, 2.24) is 15.3 Å². The number of ketones is 1. The fourth-order valence-corrected chi connectivity index (χ4v) is 5.18. The Morgan fingerprint density at radius 2 is 1.39 bits per heavy atom. The van der Waals surface area contributed by atoms with Gasteiger partial charge in [0.25, 0.3) is 0 Å². The van der Waals surface area contributed by atoms with Gasteiger partial charge in [-0.15, -0.1) is 0 Å². The van der Waals surface area contributed by atoms with Crippen molar-refractivity contribution in [3.63, 3.8) is 0 Å². The van der Waals surface area contributed by atoms with E-state index in [-0.39, 0.29) is 6.42 Å². The van der Waals surface area contributed by atoms with E-state index in [1.165, 1.54) is 31.7 Å². The van der Waals surface area contributed by atoms with E-state index >= 15 is 0 Å². The lowest BCUT2D eigenvalue weighted by Crippen LogP contribution is -2.47. The van der Waals surface area contributed by atoms with Crippen LogP contribution in [0, 0.1) is 11.8 Å². The molecule has 0 saturated heterocycles. The normalized spacial score (nSPS) is 13.2. The number of hydrogen-bond donors (Lipinski definition) is 4. The molecule has 1 amide bonds. The summed E-state index contributed by atoms with van der Waals surface area (Å²) in [6.45, 7) is 2.16. The summed E-state index contributed by atoms with van der Waals surface area (Å²) in [4.78, 5) is 68.8. The van der Waals surface area contributed by atoms with Crippen LogP contribution in [0.4, 0.5) is 0 Å². The minimum atomic E-state index is -1.58. The van der Waals surface area contributed by atoms with Crippen LogP contribution in [0.25, 0.3) is 11.1 Å². The van der Waals surface area contributed by atoms with Crippen molar-refractivity contribution >= 4 is 29.6 Å². The number of benzene rings is 1. The number of aromatic nitrogens is 2. The molecule has 2 aromatic rings. The van der Waals surface area contributed by atoms with Gasteiger partial charge in [0.2, 0.25) is 5.91 Å². The Hall–Kier alpha value is -4.41. The highest BCUT2D eigenvalue weighted by molar-refractivity contribution is 5.91. The quantitative estimate of drug-likeness (QED) is 0.0801. The average Bonchev–Trinajstić information content (AvgIpc) is 3.03. The van der Waals surface area contributed by atoms with Gasteiger partial charge in [0.1, 0.15) is 18.2 Å². The summed E-state index contributed by atoms with van der Waals surface area (Å²) in [5, 5.41) is 31.3. The summed E-state index contributed by atoms with van der Waals surface area (Å²) < 4.78 is 0. The van der Waals surface area contributed by atoms with E-state index in [4.69, 9.17) is 0 Å². The summed E-state index contributed by atoms with van der Waals surface area (Å²) >= 11 is 0. The summed E-state index contributed by atoms with van der Waals surface area (Å²) in [6.07, 6.45) is 17.4. The number of carbonyl (C=O) groups excluding carboxylic acids is 2. The van der Waals surface area contributed by atoms with Crippen LogP contribution in [0.1, 0.15) is 96.0 Å². The average molecular weight is 638 g/mol. The van der Waals surface area contributed by atoms with Crippen molar-refractivity contribution < 1.29 is 39.3 Å². The number of amides is 1. The van der Waals surface area contributed by atoms with E-state index in [9.17, 15) is 39.3 Å². The number of unbranched alkanes of at least 4 members (excludes halogenated alkanes) is 8. The molecule has 0 bridgehead atoms. The van der Waals surface area contributed by atoms with Gasteiger partial charge in [-0.25, -0.2) is 14.8 Å². The SMILES string of the molecule is CCCCCCCC(=O)CCCCCC/C=C/[C@H](C(=O)N[C@@H](Cc1ccc(-c2cncnc2)cc1)C(=O)O)[C@@H](CC(=O)O)C(=O)O. The highest BCUT2D eigenvalue weighted by atomic mass is 16.4. The number of Topliss-reactive ketones (excluding diaryl/α,β-unsaturated/α-hetero) is 1. The molecule has 0 radical (unpaired) electrons. The topological polar surface area (TPSA) is 184 Å². The molecule has 3 atom stereocenters. The molecule has 0 unspecified atom stereocenters. The van der Waals surface area contributed by atoms with Gasteiger partial charge < -0.3 is 20.6 Å². The molecule has 250 valence electrons. The second-order valence-corrected chi connectivity index (χ2v) is 11.6. The monoisotopic (exact) mass is 637 g/mol. The van der Waals surface area contributed by atoms with E-state index in [0.29, 0.717) is 30.6 Å². The molecule has 11 heteroatoms. The first kappa shape index (κ1) is 37.8. The molecule has 0 aliphatic rings. The number of aliphatic carboxylic acids is 3. The van der Waals surface area contributed by atoms with E-state index in [0.717, 1.165) is 49.7 Å². The van der Waals surface area contributed by atoms with Gasteiger partial charge in [0.05, 0.1) is 18.3 Å². The molecule has 1 heterocycles. The molecule has 1 aromatic heterocycles. The molecule has 11 nitrogen and oxygen atoms in total. The minimum absolute atomic E-state index is 0.0683. The van der Waals surface area contributed by atoms with Crippen molar-refractivity contribution in [2.45, 2.75) is 103 Å². The molecule has 0 aliphatic carbocycles. The number of carbonyl (C=O) groups is 5. The van der Waals surface area contributed by atoms with Gasteiger partial charge in [0.15, 0.2) is 0 Å². The molecular formula is C35H47N3O8. The van der Waals surface area contributed by atoms with Crippen molar-refractivity contribution in [1.29, 1.82) is 0 Å². The zero-order chi connectivity index (χ0) is 33.7. The van der Waals surface area contributed by atoms with Gasteiger partial charge in [-0.2, -0.15) is 0 Å². The molecule has 0 fully saturated rings. The van der Waals surface area contributed by atoms with Crippen LogP contribution < -0.4 is 5.32 Å². The number of hydrogen-bond acceptors (Lipinski definition) is 7. The predicted octanol–water partition coefficient (Wildman–Crippen LogP) is 5.87. The second kappa shape index (κ2) is 21.3. The highest BCUT2D eigenvalue weighted by Crippen LogP contribution is 2.22. The van der Waals surface area contributed by atoms with Crippen LogP contribution in [0.5, 0.6) is 0 Å². The van der Waals surface area contributed by atoms with Gasteiger partial charge in [-0.1, -0.05) is 81.9 Å². The standard InChI is InChI=1S/C35H47N3O8/c1-2-3-4-7-10-13-28(39)14-11-8-5-6-9-12-15-29(30(34(43)44)21-32(40)41)33(42)38-31(35(45)46)20-25-16-18-26(19-17-25)27-22-36-24-37-23-27/h12,15-19,22-24,29-31H,2-11,13-14,20-21H2,1H3,(H,38,42)(H,40,41)(H,43,44)(H,45,46)/b15-12+/t29-,30+,31-/m0/s1. The molecule has 2 rings (SSSR count). The van der Waals surface area contributed by atoms with Gasteiger partial charge in [-0.05, 0) is 36.8 Å². The smallest absolute Gasteiger partial charge is 0.326 e. The Bertz CT molecular complexity index is 1280. The van der Waals surface area contributed by atoms with E-state index in [2.05, 4.69) is 22.2 Å². The fraction of sp³-hybridized carbons (Fsp3) is 0.514. The largest absolute Gasteiger partial charge is 0.481 e. The van der Waals surface area contributed by atoms with Gasteiger partial charge in [-0.3, -0.25) is 19.2 Å². The summed E-state index contributed by atoms with van der Waals surface area (Å²) in [5.41, 5.74) is 2.22. The first-order valence-corrected chi connectivity index (χ1v) is 16.1. The summed E-state index contributed by atoms with van der Waals surface area (Å²) in [5.74, 6) is -7.69.